The average Bonchev–Trinajstić information content (AvgIpc) is 2.53. The second-order valence-electron chi connectivity index (χ2n) is 6.98. The molecule has 2 rings (SSSR count). The van der Waals surface area contributed by atoms with Crippen LogP contribution in [0.2, 0.25) is 0 Å². The number of hydrogen-bond acceptors (Lipinski definition) is 3. The van der Waals surface area contributed by atoms with Crippen LogP contribution >= 0.6 is 0 Å². The van der Waals surface area contributed by atoms with Crippen molar-refractivity contribution in [1.82, 2.24) is 0 Å². The minimum atomic E-state index is -1.15. The van der Waals surface area contributed by atoms with E-state index in [9.17, 15) is 9.18 Å². The van der Waals surface area contributed by atoms with Gasteiger partial charge in [-0.05, 0) is 44.4 Å². The molecule has 0 aliphatic heterocycles. The molecule has 2 aliphatic rings. The van der Waals surface area contributed by atoms with E-state index in [0.29, 0.717) is 12.8 Å². The smallest absolute Gasteiger partial charge is 0.309 e. The van der Waals surface area contributed by atoms with E-state index >= 15 is 0 Å². The van der Waals surface area contributed by atoms with Crippen LogP contribution in [0.15, 0.2) is 0 Å². The van der Waals surface area contributed by atoms with E-state index in [4.69, 9.17) is 10.00 Å². The van der Waals surface area contributed by atoms with Gasteiger partial charge in [-0.1, -0.05) is 26.2 Å². The Morgan fingerprint density at radius 3 is 2.55 bits per heavy atom. The molecule has 3 unspecified atom stereocenters. The van der Waals surface area contributed by atoms with E-state index in [2.05, 4.69) is 6.92 Å². The predicted molar refractivity (Wildman–Crippen MR) is 82.7 cm³/mol. The van der Waals surface area contributed by atoms with Crippen LogP contribution in [-0.4, -0.2) is 18.2 Å². The first-order valence-electron chi connectivity index (χ1n) is 8.88. The standard InChI is InChI=1S/C18H28FNO2/c1-2-3-4-13-5-7-14(8-6-13)18(21)22-16-10-9-15(12-20)17(19)11-16/h13-17H,2-11H2,1H3. The first-order chi connectivity index (χ1) is 10.6. The van der Waals surface area contributed by atoms with Crippen molar-refractivity contribution in [2.45, 2.75) is 83.4 Å². The number of rotatable bonds is 5. The normalized spacial score (nSPS) is 35.6. The number of nitriles is 1. The van der Waals surface area contributed by atoms with Crippen LogP contribution in [-0.2, 0) is 9.53 Å². The molecule has 0 saturated heterocycles. The van der Waals surface area contributed by atoms with Crippen molar-refractivity contribution in [3.05, 3.63) is 0 Å². The summed E-state index contributed by atoms with van der Waals surface area (Å²) in [5.41, 5.74) is 0. The van der Waals surface area contributed by atoms with Crippen LogP contribution in [0.3, 0.4) is 0 Å². The SMILES string of the molecule is CCCCC1CCC(C(=O)OC2CCC(C#N)C(F)C2)CC1. The Morgan fingerprint density at radius 1 is 1.23 bits per heavy atom. The number of alkyl halides is 1. The molecule has 22 heavy (non-hydrogen) atoms. The zero-order valence-corrected chi connectivity index (χ0v) is 13.6. The molecule has 0 N–H and O–H groups in total. The molecule has 124 valence electrons. The Balaban J connectivity index is 1.71. The van der Waals surface area contributed by atoms with E-state index in [1.54, 1.807) is 0 Å². The van der Waals surface area contributed by atoms with Crippen molar-refractivity contribution in [3.63, 3.8) is 0 Å². The minimum Gasteiger partial charge on any atom is -0.462 e. The first-order valence-corrected chi connectivity index (χ1v) is 8.88. The summed E-state index contributed by atoms with van der Waals surface area (Å²) in [5.74, 6) is 0.112. The third-order valence-electron chi connectivity index (χ3n) is 5.32. The number of halogens is 1. The fourth-order valence-electron chi connectivity index (χ4n) is 3.77. The molecular weight excluding hydrogens is 281 g/mol. The maximum Gasteiger partial charge on any atom is 0.309 e. The number of ether oxygens (including phenoxy) is 1. The molecule has 2 saturated carbocycles. The molecule has 0 aromatic rings. The lowest BCUT2D eigenvalue weighted by atomic mass is 9.80. The summed E-state index contributed by atoms with van der Waals surface area (Å²) in [5, 5.41) is 8.82. The van der Waals surface area contributed by atoms with Gasteiger partial charge < -0.3 is 4.74 Å². The van der Waals surface area contributed by atoms with Gasteiger partial charge in [0.25, 0.3) is 0 Å². The average molecular weight is 309 g/mol. The number of esters is 1. The van der Waals surface area contributed by atoms with Crippen LogP contribution in [0.1, 0.15) is 71.1 Å². The summed E-state index contributed by atoms with van der Waals surface area (Å²) in [7, 11) is 0. The van der Waals surface area contributed by atoms with Gasteiger partial charge in [0, 0.05) is 6.42 Å². The minimum absolute atomic E-state index is 0.00429. The van der Waals surface area contributed by atoms with Gasteiger partial charge in [0.15, 0.2) is 0 Å². The fourth-order valence-corrected chi connectivity index (χ4v) is 3.77. The number of unbranched alkanes of at least 4 members (excludes halogenated alkanes) is 1. The maximum absolute atomic E-state index is 13.7. The Hall–Kier alpha value is -1.11. The molecule has 0 heterocycles. The lowest BCUT2D eigenvalue weighted by molar-refractivity contribution is -0.158. The van der Waals surface area contributed by atoms with Gasteiger partial charge in [0.1, 0.15) is 12.3 Å². The largest absolute Gasteiger partial charge is 0.462 e. The molecular formula is C18H28FNO2. The maximum atomic E-state index is 13.7. The third-order valence-corrected chi connectivity index (χ3v) is 5.32. The van der Waals surface area contributed by atoms with Gasteiger partial charge >= 0.3 is 5.97 Å². The quantitative estimate of drug-likeness (QED) is 0.700. The number of carbonyl (C=O) groups excluding carboxylic acids is 1. The second-order valence-corrected chi connectivity index (χ2v) is 6.98. The molecule has 3 atom stereocenters. The van der Waals surface area contributed by atoms with Crippen LogP contribution in [0.5, 0.6) is 0 Å². The number of carbonyl (C=O) groups is 1. The van der Waals surface area contributed by atoms with Crippen LogP contribution in [0.25, 0.3) is 0 Å². The van der Waals surface area contributed by atoms with E-state index in [-0.39, 0.29) is 24.4 Å². The van der Waals surface area contributed by atoms with Gasteiger partial charge in [-0.2, -0.15) is 5.26 Å². The van der Waals surface area contributed by atoms with Gasteiger partial charge in [0.2, 0.25) is 0 Å². The Bertz CT molecular complexity index is 398. The second kappa shape index (κ2) is 8.50. The van der Waals surface area contributed by atoms with Crippen LogP contribution < -0.4 is 0 Å². The number of nitrogens with zero attached hydrogens (tertiary/aromatic N) is 1. The molecule has 2 aliphatic carbocycles. The molecule has 0 bridgehead atoms. The van der Waals surface area contributed by atoms with Crippen molar-refractivity contribution in [1.29, 1.82) is 5.26 Å². The number of hydrogen-bond donors (Lipinski definition) is 0. The molecule has 4 heteroatoms. The topological polar surface area (TPSA) is 50.1 Å². The molecule has 0 spiro atoms. The van der Waals surface area contributed by atoms with Gasteiger partial charge in [-0.25, -0.2) is 4.39 Å². The van der Waals surface area contributed by atoms with Crippen molar-refractivity contribution in [2.24, 2.45) is 17.8 Å². The highest BCUT2D eigenvalue weighted by Crippen LogP contribution is 2.34. The molecule has 0 amide bonds. The van der Waals surface area contributed by atoms with Crippen LogP contribution in [0.4, 0.5) is 4.39 Å². The van der Waals surface area contributed by atoms with Gasteiger partial charge in [-0.15, -0.1) is 0 Å². The Kier molecular flexibility index (Phi) is 6.67. The van der Waals surface area contributed by atoms with E-state index < -0.39 is 12.1 Å². The predicted octanol–water partition coefficient (Wildman–Crippen LogP) is 4.56. The summed E-state index contributed by atoms with van der Waals surface area (Å²) >= 11 is 0. The molecule has 0 aromatic heterocycles. The molecule has 2 fully saturated rings. The zero-order chi connectivity index (χ0) is 15.9. The third kappa shape index (κ3) is 4.69. The van der Waals surface area contributed by atoms with E-state index in [1.807, 2.05) is 6.07 Å². The summed E-state index contributed by atoms with van der Waals surface area (Å²) < 4.78 is 19.3. The summed E-state index contributed by atoms with van der Waals surface area (Å²) in [6.07, 6.45) is 7.69. The molecule has 0 radical (unpaired) electrons. The lowest BCUT2D eigenvalue weighted by Crippen LogP contribution is -2.34. The highest BCUT2D eigenvalue weighted by Gasteiger charge is 2.34. The highest BCUT2D eigenvalue weighted by atomic mass is 19.1. The van der Waals surface area contributed by atoms with E-state index in [1.165, 1.54) is 19.3 Å². The Morgan fingerprint density at radius 2 is 1.95 bits per heavy atom. The molecule has 0 aromatic carbocycles. The lowest BCUT2D eigenvalue weighted by Gasteiger charge is -2.31. The monoisotopic (exact) mass is 309 g/mol. The summed E-state index contributed by atoms with van der Waals surface area (Å²) in [6, 6.07) is 2.00. The van der Waals surface area contributed by atoms with Crippen molar-refractivity contribution in [3.8, 4) is 6.07 Å². The van der Waals surface area contributed by atoms with Crippen molar-refractivity contribution < 1.29 is 13.9 Å². The van der Waals surface area contributed by atoms with Crippen molar-refractivity contribution in [2.75, 3.05) is 0 Å². The Labute approximate surface area is 133 Å². The van der Waals surface area contributed by atoms with Crippen LogP contribution in [0, 0.1) is 29.1 Å². The highest BCUT2D eigenvalue weighted by molar-refractivity contribution is 5.72. The zero-order valence-electron chi connectivity index (χ0n) is 13.6. The summed E-state index contributed by atoms with van der Waals surface area (Å²) in [6.45, 7) is 2.21. The molecule has 3 nitrogen and oxygen atoms in total. The van der Waals surface area contributed by atoms with Gasteiger partial charge in [-0.3, -0.25) is 4.79 Å². The summed E-state index contributed by atoms with van der Waals surface area (Å²) in [4.78, 5) is 12.2. The van der Waals surface area contributed by atoms with E-state index in [0.717, 1.165) is 31.6 Å². The van der Waals surface area contributed by atoms with Gasteiger partial charge in [0.05, 0.1) is 17.9 Å². The fraction of sp³-hybridized carbons (Fsp3) is 0.889. The first kappa shape index (κ1) is 17.2. The van der Waals surface area contributed by atoms with Crippen molar-refractivity contribution >= 4 is 5.97 Å².